The molecule has 24 heavy (non-hydrogen) atoms. The number of nitrogens with one attached hydrogen (secondary N) is 2. The Kier molecular flexibility index (Phi) is 6.37. The molecule has 0 saturated heterocycles. The molecular weight excluding hydrogens is 370 g/mol. The Labute approximate surface area is 150 Å². The zero-order chi connectivity index (χ0) is 17.5. The molecule has 0 fully saturated rings. The van der Waals surface area contributed by atoms with E-state index in [4.69, 9.17) is 0 Å². The number of nitrogens with zero attached hydrogens (tertiary/aromatic N) is 1. The summed E-state index contributed by atoms with van der Waals surface area (Å²) in [6.07, 6.45) is 0. The summed E-state index contributed by atoms with van der Waals surface area (Å²) in [4.78, 5) is 26.0. The highest BCUT2D eigenvalue weighted by atomic mass is 79.9. The van der Waals surface area contributed by atoms with Crippen LogP contribution in [0.25, 0.3) is 0 Å². The molecular formula is C18H20BrN3O2. The molecule has 0 aliphatic rings. The van der Waals surface area contributed by atoms with Crippen molar-refractivity contribution in [2.45, 2.75) is 0 Å². The molecule has 6 heteroatoms. The van der Waals surface area contributed by atoms with Gasteiger partial charge in [-0.15, -0.1) is 0 Å². The zero-order valence-electron chi connectivity index (χ0n) is 13.7. The van der Waals surface area contributed by atoms with E-state index in [0.717, 1.165) is 10.2 Å². The van der Waals surface area contributed by atoms with Gasteiger partial charge in [0.05, 0.1) is 5.56 Å². The minimum absolute atomic E-state index is 0.157. The number of hydrogen-bond acceptors (Lipinski definition) is 3. The monoisotopic (exact) mass is 389 g/mol. The third-order valence-electron chi connectivity index (χ3n) is 3.46. The van der Waals surface area contributed by atoms with E-state index in [-0.39, 0.29) is 11.8 Å². The van der Waals surface area contributed by atoms with Crippen LogP contribution in [0.4, 0.5) is 5.69 Å². The third-order valence-corrected chi connectivity index (χ3v) is 4.15. The second-order valence-electron chi connectivity index (χ2n) is 5.43. The lowest BCUT2D eigenvalue weighted by Crippen LogP contribution is -2.34. The lowest BCUT2D eigenvalue weighted by Gasteiger charge is -2.12. The topological polar surface area (TPSA) is 61.4 Å². The summed E-state index contributed by atoms with van der Waals surface area (Å²) in [5.74, 6) is -0.331. The average Bonchev–Trinajstić information content (AvgIpc) is 2.58. The highest BCUT2D eigenvalue weighted by molar-refractivity contribution is 9.10. The van der Waals surface area contributed by atoms with Gasteiger partial charge in [0, 0.05) is 42.9 Å². The predicted octanol–water partition coefficient (Wildman–Crippen LogP) is 2.67. The summed E-state index contributed by atoms with van der Waals surface area (Å²) in [5.41, 5.74) is 2.20. The molecule has 0 spiro atoms. The second kappa shape index (κ2) is 8.49. The first-order chi connectivity index (χ1) is 11.5. The molecule has 2 N–H and O–H groups in total. The fraction of sp³-hybridized carbons (Fsp3) is 0.222. The van der Waals surface area contributed by atoms with Gasteiger partial charge in [-0.1, -0.05) is 12.1 Å². The molecule has 2 aromatic rings. The van der Waals surface area contributed by atoms with Crippen LogP contribution in [-0.2, 0) is 0 Å². The molecule has 0 saturated carbocycles. The summed E-state index contributed by atoms with van der Waals surface area (Å²) in [7, 11) is 3.89. The molecule has 0 aliphatic carbocycles. The van der Waals surface area contributed by atoms with Gasteiger partial charge in [-0.05, 0) is 52.3 Å². The molecule has 0 aliphatic heterocycles. The Balaban J connectivity index is 1.78. The maximum absolute atomic E-state index is 12.0. The van der Waals surface area contributed by atoms with Crippen molar-refractivity contribution in [3.05, 3.63) is 64.1 Å². The molecule has 2 rings (SSSR count). The molecule has 0 bridgehead atoms. The van der Waals surface area contributed by atoms with E-state index in [9.17, 15) is 9.59 Å². The second-order valence-corrected chi connectivity index (χ2v) is 6.29. The van der Waals surface area contributed by atoms with Gasteiger partial charge in [0.1, 0.15) is 0 Å². The van der Waals surface area contributed by atoms with E-state index < -0.39 is 0 Å². The van der Waals surface area contributed by atoms with Crippen molar-refractivity contribution in [1.29, 1.82) is 0 Å². The maximum atomic E-state index is 12.0. The summed E-state index contributed by atoms with van der Waals surface area (Å²) in [6, 6.07) is 14.6. The van der Waals surface area contributed by atoms with E-state index in [2.05, 4.69) is 26.6 Å². The van der Waals surface area contributed by atoms with Crippen molar-refractivity contribution in [3.63, 3.8) is 0 Å². The third kappa shape index (κ3) is 4.83. The van der Waals surface area contributed by atoms with Gasteiger partial charge < -0.3 is 15.5 Å². The molecule has 2 amide bonds. The standard InChI is InChI=1S/C18H20BrN3O2/c1-22(2)14-9-7-13(8-10-14)17(23)20-11-12-21-18(24)15-5-3-4-6-16(15)19/h3-10H,11-12H2,1-2H3,(H,20,23)(H,21,24). The largest absolute Gasteiger partial charge is 0.378 e. The minimum Gasteiger partial charge on any atom is -0.378 e. The number of carbonyl (C=O) groups excluding carboxylic acids is 2. The molecule has 126 valence electrons. The normalized spacial score (nSPS) is 10.1. The highest BCUT2D eigenvalue weighted by Crippen LogP contribution is 2.15. The van der Waals surface area contributed by atoms with Crippen LogP contribution in [0.3, 0.4) is 0 Å². The number of benzene rings is 2. The van der Waals surface area contributed by atoms with Crippen LogP contribution in [0.5, 0.6) is 0 Å². The number of rotatable bonds is 6. The Morgan fingerprint density at radius 2 is 1.50 bits per heavy atom. The average molecular weight is 390 g/mol. The number of halogens is 1. The number of carbonyl (C=O) groups is 2. The number of anilines is 1. The molecule has 0 aromatic heterocycles. The van der Waals surface area contributed by atoms with Crippen molar-refractivity contribution >= 4 is 33.4 Å². The van der Waals surface area contributed by atoms with Crippen LogP contribution in [0.1, 0.15) is 20.7 Å². The molecule has 0 radical (unpaired) electrons. The fourth-order valence-electron chi connectivity index (χ4n) is 2.11. The van der Waals surface area contributed by atoms with Crippen LogP contribution in [0, 0.1) is 0 Å². The zero-order valence-corrected chi connectivity index (χ0v) is 15.3. The lowest BCUT2D eigenvalue weighted by molar-refractivity contribution is 0.0927. The van der Waals surface area contributed by atoms with E-state index in [0.29, 0.717) is 24.2 Å². The van der Waals surface area contributed by atoms with Crippen molar-refractivity contribution in [2.75, 3.05) is 32.1 Å². The summed E-state index contributed by atoms with van der Waals surface area (Å²) in [5, 5.41) is 5.57. The van der Waals surface area contributed by atoms with Crippen molar-refractivity contribution in [1.82, 2.24) is 10.6 Å². The smallest absolute Gasteiger partial charge is 0.252 e. The Hall–Kier alpha value is -2.34. The molecule has 2 aromatic carbocycles. The number of amides is 2. The lowest BCUT2D eigenvalue weighted by atomic mass is 10.2. The SMILES string of the molecule is CN(C)c1ccc(C(=O)NCCNC(=O)c2ccccc2Br)cc1. The van der Waals surface area contributed by atoms with Gasteiger partial charge in [0.15, 0.2) is 0 Å². The van der Waals surface area contributed by atoms with E-state index in [1.54, 1.807) is 24.3 Å². The van der Waals surface area contributed by atoms with Gasteiger partial charge in [-0.3, -0.25) is 9.59 Å². The molecule has 0 atom stereocenters. The minimum atomic E-state index is -0.174. The number of hydrogen-bond donors (Lipinski definition) is 2. The molecule has 0 heterocycles. The maximum Gasteiger partial charge on any atom is 0.252 e. The molecule has 0 unspecified atom stereocenters. The van der Waals surface area contributed by atoms with Gasteiger partial charge in [0.2, 0.25) is 0 Å². The highest BCUT2D eigenvalue weighted by Gasteiger charge is 2.09. The first-order valence-electron chi connectivity index (χ1n) is 7.57. The van der Waals surface area contributed by atoms with Gasteiger partial charge in [0.25, 0.3) is 11.8 Å². The van der Waals surface area contributed by atoms with Crippen LogP contribution in [0.15, 0.2) is 53.0 Å². The molecule has 5 nitrogen and oxygen atoms in total. The summed E-state index contributed by atoms with van der Waals surface area (Å²) < 4.78 is 0.743. The summed E-state index contributed by atoms with van der Waals surface area (Å²) >= 11 is 3.34. The van der Waals surface area contributed by atoms with Gasteiger partial charge >= 0.3 is 0 Å². The van der Waals surface area contributed by atoms with Crippen molar-refractivity contribution in [2.24, 2.45) is 0 Å². The quantitative estimate of drug-likeness (QED) is 0.746. The van der Waals surface area contributed by atoms with Crippen LogP contribution < -0.4 is 15.5 Å². The van der Waals surface area contributed by atoms with Crippen LogP contribution in [0.2, 0.25) is 0 Å². The Morgan fingerprint density at radius 3 is 2.08 bits per heavy atom. The van der Waals surface area contributed by atoms with E-state index in [1.165, 1.54) is 0 Å². The fourth-order valence-corrected chi connectivity index (χ4v) is 2.57. The first kappa shape index (κ1) is 18.0. The van der Waals surface area contributed by atoms with E-state index in [1.807, 2.05) is 43.3 Å². The van der Waals surface area contributed by atoms with Gasteiger partial charge in [-0.25, -0.2) is 0 Å². The van der Waals surface area contributed by atoms with E-state index >= 15 is 0 Å². The van der Waals surface area contributed by atoms with Crippen molar-refractivity contribution < 1.29 is 9.59 Å². The Morgan fingerprint density at radius 1 is 0.917 bits per heavy atom. The van der Waals surface area contributed by atoms with Crippen molar-refractivity contribution in [3.8, 4) is 0 Å². The van der Waals surface area contributed by atoms with Crippen LogP contribution in [-0.4, -0.2) is 39.0 Å². The first-order valence-corrected chi connectivity index (χ1v) is 8.36. The van der Waals surface area contributed by atoms with Crippen LogP contribution >= 0.6 is 15.9 Å². The predicted molar refractivity (Wildman–Crippen MR) is 99.6 cm³/mol. The Bertz CT molecular complexity index is 714. The summed E-state index contributed by atoms with van der Waals surface area (Å²) in [6.45, 7) is 0.728. The van der Waals surface area contributed by atoms with Gasteiger partial charge in [-0.2, -0.15) is 0 Å².